The second-order valence-corrected chi connectivity index (χ2v) is 10.2. The third-order valence-electron chi connectivity index (χ3n) is 7.14. The molecule has 0 radical (unpaired) electrons. The standard InChI is InChI=1S/C31H31N3O4S/c1-6-33(7-2)30(36)27-19(3)32-31-34(28(27)24-18-22(37-4)15-16-25(24)38-5)29(35)26(39-31)17-21-13-10-12-20-11-8-9-14-23(20)21/h8-18,28H,6-7H2,1-5H3/b26-17+/t28-/m0/s1. The summed E-state index contributed by atoms with van der Waals surface area (Å²) in [6, 6.07) is 18.8. The Bertz CT molecular complexity index is 1770. The Morgan fingerprint density at radius 2 is 1.79 bits per heavy atom. The van der Waals surface area contributed by atoms with Crippen molar-refractivity contribution >= 4 is 34.1 Å². The zero-order valence-electron chi connectivity index (χ0n) is 22.7. The van der Waals surface area contributed by atoms with Crippen molar-refractivity contribution < 1.29 is 14.3 Å². The number of aromatic nitrogens is 1. The molecule has 5 rings (SSSR count). The Balaban J connectivity index is 1.80. The van der Waals surface area contributed by atoms with Gasteiger partial charge in [0.25, 0.3) is 11.5 Å². The van der Waals surface area contributed by atoms with Crippen LogP contribution in [0.1, 0.15) is 37.9 Å². The van der Waals surface area contributed by atoms with Gasteiger partial charge in [-0.3, -0.25) is 14.2 Å². The van der Waals surface area contributed by atoms with Gasteiger partial charge in [0.15, 0.2) is 4.80 Å². The van der Waals surface area contributed by atoms with Crippen LogP contribution in [0.5, 0.6) is 11.5 Å². The molecule has 0 spiro atoms. The lowest BCUT2D eigenvalue weighted by Gasteiger charge is -2.30. The van der Waals surface area contributed by atoms with Crippen LogP contribution in [0, 0.1) is 0 Å². The quantitative estimate of drug-likeness (QED) is 0.350. The fraction of sp³-hybridized carbons (Fsp3) is 0.258. The molecule has 1 aliphatic rings. The van der Waals surface area contributed by atoms with Crippen LogP contribution in [0.3, 0.4) is 0 Å². The van der Waals surface area contributed by atoms with Crippen LogP contribution in [0.2, 0.25) is 0 Å². The van der Waals surface area contributed by atoms with E-state index in [1.54, 1.807) is 35.8 Å². The van der Waals surface area contributed by atoms with Gasteiger partial charge < -0.3 is 14.4 Å². The van der Waals surface area contributed by atoms with Gasteiger partial charge in [-0.15, -0.1) is 0 Å². The molecular weight excluding hydrogens is 510 g/mol. The molecule has 1 atom stereocenters. The van der Waals surface area contributed by atoms with E-state index >= 15 is 0 Å². The molecule has 1 aromatic heterocycles. The van der Waals surface area contributed by atoms with Crippen molar-refractivity contribution in [3.63, 3.8) is 0 Å². The molecule has 200 valence electrons. The van der Waals surface area contributed by atoms with E-state index in [4.69, 9.17) is 14.5 Å². The predicted molar refractivity (Wildman–Crippen MR) is 155 cm³/mol. The van der Waals surface area contributed by atoms with E-state index in [0.717, 1.165) is 16.3 Å². The minimum Gasteiger partial charge on any atom is -0.497 e. The Kier molecular flexibility index (Phi) is 7.39. The zero-order chi connectivity index (χ0) is 27.7. The van der Waals surface area contributed by atoms with Crippen LogP contribution in [0.4, 0.5) is 0 Å². The molecule has 0 saturated carbocycles. The van der Waals surface area contributed by atoms with E-state index in [0.29, 0.717) is 50.8 Å². The van der Waals surface area contributed by atoms with Gasteiger partial charge in [0.2, 0.25) is 0 Å². The molecule has 4 aromatic rings. The summed E-state index contributed by atoms with van der Waals surface area (Å²) in [4.78, 5) is 35.1. The number of ether oxygens (including phenoxy) is 2. The Morgan fingerprint density at radius 3 is 2.51 bits per heavy atom. The minimum atomic E-state index is -0.728. The fourth-order valence-corrected chi connectivity index (χ4v) is 6.18. The molecule has 7 nitrogen and oxygen atoms in total. The third-order valence-corrected chi connectivity index (χ3v) is 8.13. The highest BCUT2D eigenvalue weighted by Gasteiger charge is 2.36. The molecule has 1 aliphatic heterocycles. The summed E-state index contributed by atoms with van der Waals surface area (Å²) >= 11 is 1.32. The van der Waals surface area contributed by atoms with Crippen LogP contribution in [0.25, 0.3) is 16.8 Å². The number of hydrogen-bond donors (Lipinski definition) is 0. The van der Waals surface area contributed by atoms with E-state index in [1.807, 2.05) is 63.2 Å². The van der Waals surface area contributed by atoms with Crippen molar-refractivity contribution in [2.24, 2.45) is 4.99 Å². The lowest BCUT2D eigenvalue weighted by atomic mass is 9.93. The predicted octanol–water partition coefficient (Wildman–Crippen LogP) is 4.27. The molecule has 3 aromatic carbocycles. The van der Waals surface area contributed by atoms with E-state index in [-0.39, 0.29) is 11.5 Å². The smallest absolute Gasteiger partial charge is 0.271 e. The second-order valence-electron chi connectivity index (χ2n) is 9.24. The normalized spacial score (nSPS) is 15.2. The van der Waals surface area contributed by atoms with E-state index in [9.17, 15) is 9.59 Å². The summed E-state index contributed by atoms with van der Waals surface area (Å²) in [6.07, 6.45) is 1.91. The van der Waals surface area contributed by atoms with Gasteiger partial charge in [0, 0.05) is 18.7 Å². The number of fused-ring (bicyclic) bond motifs is 2. The molecule has 0 N–H and O–H groups in total. The third kappa shape index (κ3) is 4.65. The van der Waals surface area contributed by atoms with Crippen molar-refractivity contribution in [2.45, 2.75) is 26.8 Å². The highest BCUT2D eigenvalue weighted by Crippen LogP contribution is 2.38. The maximum Gasteiger partial charge on any atom is 0.271 e. The topological polar surface area (TPSA) is 73.1 Å². The molecule has 0 fully saturated rings. The highest BCUT2D eigenvalue weighted by atomic mass is 32.1. The molecule has 8 heteroatoms. The van der Waals surface area contributed by atoms with E-state index in [2.05, 4.69) is 12.1 Å². The van der Waals surface area contributed by atoms with Crippen molar-refractivity contribution in [1.82, 2.24) is 9.47 Å². The number of amides is 1. The van der Waals surface area contributed by atoms with E-state index in [1.165, 1.54) is 11.3 Å². The number of carbonyl (C=O) groups excluding carboxylic acids is 1. The fourth-order valence-electron chi connectivity index (χ4n) is 5.14. The molecule has 1 amide bonds. The van der Waals surface area contributed by atoms with Gasteiger partial charge in [-0.05, 0) is 61.4 Å². The number of carbonyl (C=O) groups is 1. The first-order valence-electron chi connectivity index (χ1n) is 12.9. The van der Waals surface area contributed by atoms with Crippen LogP contribution in [-0.4, -0.2) is 42.7 Å². The maximum atomic E-state index is 14.1. The van der Waals surface area contributed by atoms with Crippen LogP contribution in [-0.2, 0) is 4.79 Å². The number of rotatable bonds is 7. The van der Waals surface area contributed by atoms with E-state index < -0.39 is 6.04 Å². The summed E-state index contributed by atoms with van der Waals surface area (Å²) < 4.78 is 13.4. The average Bonchev–Trinajstić information content (AvgIpc) is 3.26. The minimum absolute atomic E-state index is 0.153. The molecule has 0 aliphatic carbocycles. The summed E-state index contributed by atoms with van der Waals surface area (Å²) in [6.45, 7) is 6.80. The lowest BCUT2D eigenvalue weighted by Crippen LogP contribution is -2.43. The molecular formula is C31H31N3O4S. The first-order chi connectivity index (χ1) is 18.9. The summed E-state index contributed by atoms with van der Waals surface area (Å²) in [5.74, 6) is 1.01. The van der Waals surface area contributed by atoms with Crippen molar-refractivity contribution in [1.29, 1.82) is 0 Å². The Morgan fingerprint density at radius 1 is 1.05 bits per heavy atom. The summed E-state index contributed by atoms with van der Waals surface area (Å²) in [5, 5.41) is 2.16. The molecule has 0 saturated heterocycles. The number of nitrogens with zero attached hydrogens (tertiary/aromatic N) is 3. The molecule has 39 heavy (non-hydrogen) atoms. The number of likely N-dealkylation sites (N-methyl/N-ethyl adjacent to an activating group) is 1. The van der Waals surface area contributed by atoms with Crippen LogP contribution >= 0.6 is 11.3 Å². The summed E-state index contributed by atoms with van der Waals surface area (Å²) in [7, 11) is 3.17. The van der Waals surface area contributed by atoms with Crippen molar-refractivity contribution in [2.75, 3.05) is 27.3 Å². The highest BCUT2D eigenvalue weighted by molar-refractivity contribution is 7.07. The van der Waals surface area contributed by atoms with Gasteiger partial charge in [-0.25, -0.2) is 4.99 Å². The molecule has 2 heterocycles. The first-order valence-corrected chi connectivity index (χ1v) is 13.7. The number of methoxy groups -OCH3 is 2. The maximum absolute atomic E-state index is 14.1. The van der Waals surface area contributed by atoms with Crippen molar-refractivity contribution in [3.8, 4) is 11.5 Å². The zero-order valence-corrected chi connectivity index (χ0v) is 23.5. The van der Waals surface area contributed by atoms with Crippen LogP contribution in [0.15, 0.2) is 81.7 Å². The molecule has 0 unspecified atom stereocenters. The first kappa shape index (κ1) is 26.4. The van der Waals surface area contributed by atoms with Gasteiger partial charge in [-0.2, -0.15) is 0 Å². The lowest BCUT2D eigenvalue weighted by molar-refractivity contribution is -0.127. The van der Waals surface area contributed by atoms with Gasteiger partial charge in [-0.1, -0.05) is 53.8 Å². The number of benzene rings is 3. The number of thiazole rings is 1. The summed E-state index contributed by atoms with van der Waals surface area (Å²) in [5.41, 5.74) is 2.44. The second kappa shape index (κ2) is 10.9. The van der Waals surface area contributed by atoms with Gasteiger partial charge in [0.1, 0.15) is 17.5 Å². The van der Waals surface area contributed by atoms with Gasteiger partial charge >= 0.3 is 0 Å². The van der Waals surface area contributed by atoms with Crippen molar-refractivity contribution in [3.05, 3.63) is 103 Å². The van der Waals surface area contributed by atoms with Gasteiger partial charge in [0.05, 0.1) is 30.0 Å². The number of allylic oxidation sites excluding steroid dienone is 1. The van der Waals surface area contributed by atoms with Crippen LogP contribution < -0.4 is 24.4 Å². The Labute approximate surface area is 230 Å². The Hall–Kier alpha value is -4.17. The average molecular weight is 542 g/mol. The molecule has 0 bridgehead atoms. The number of hydrogen-bond acceptors (Lipinski definition) is 6. The monoisotopic (exact) mass is 541 g/mol. The largest absolute Gasteiger partial charge is 0.497 e. The SMILES string of the molecule is CCN(CC)C(=O)C1=C(C)N=c2s/c(=C/c3cccc4ccccc34)c(=O)n2[C@H]1c1cc(OC)ccc1OC.